The molecule has 0 fully saturated rings. The fourth-order valence-corrected chi connectivity index (χ4v) is 2.06. The molecule has 0 saturated carbocycles. The summed E-state index contributed by atoms with van der Waals surface area (Å²) in [6.07, 6.45) is 5.77. The largest absolute Gasteiger partial charge is 0.492 e. The van der Waals surface area contributed by atoms with Crippen LogP contribution in [0, 0.1) is 0 Å². The number of rotatable bonds is 8. The average Bonchev–Trinajstić information content (AvgIpc) is 2.52. The molecule has 1 unspecified atom stereocenters. The molecule has 2 rings (SSSR count). The highest BCUT2D eigenvalue weighted by Crippen LogP contribution is 2.10. The van der Waals surface area contributed by atoms with E-state index in [1.807, 2.05) is 42.6 Å². The second kappa shape index (κ2) is 8.33. The van der Waals surface area contributed by atoms with Gasteiger partial charge in [-0.25, -0.2) is 0 Å². The van der Waals surface area contributed by atoms with Gasteiger partial charge in [0.15, 0.2) is 0 Å². The smallest absolute Gasteiger partial charge is 0.119 e. The number of ether oxygens (including phenoxy) is 1. The van der Waals surface area contributed by atoms with Crippen molar-refractivity contribution in [3.8, 4) is 5.75 Å². The summed E-state index contributed by atoms with van der Waals surface area (Å²) in [6, 6.07) is 14.3. The van der Waals surface area contributed by atoms with Gasteiger partial charge in [0.1, 0.15) is 12.4 Å². The maximum atomic E-state index is 5.85. The minimum Gasteiger partial charge on any atom is -0.492 e. The number of hydrogen-bond acceptors (Lipinski definition) is 3. The summed E-state index contributed by atoms with van der Waals surface area (Å²) in [7, 11) is 0. The van der Waals surface area contributed by atoms with Gasteiger partial charge in [0.25, 0.3) is 0 Å². The molecule has 0 aliphatic carbocycles. The Balaban J connectivity index is 1.89. The van der Waals surface area contributed by atoms with E-state index in [-0.39, 0.29) is 0 Å². The molecule has 1 aromatic carbocycles. The lowest BCUT2D eigenvalue weighted by molar-refractivity contribution is 0.263. The molecule has 1 atom stereocenters. The third-order valence-corrected chi connectivity index (χ3v) is 3.08. The first kappa shape index (κ1) is 14.5. The standard InChI is InChI=1S/C17H22N2O/c1-2-10-19-16(12-15-7-6-11-18-13-15)14-20-17-8-4-3-5-9-17/h3-9,11,13,16,19H,2,10,12,14H2,1H3. The Labute approximate surface area is 121 Å². The molecule has 2 aromatic rings. The van der Waals surface area contributed by atoms with E-state index in [0.29, 0.717) is 12.6 Å². The quantitative estimate of drug-likeness (QED) is 0.800. The second-order valence-electron chi connectivity index (χ2n) is 4.84. The van der Waals surface area contributed by atoms with Crippen molar-refractivity contribution in [1.82, 2.24) is 10.3 Å². The Morgan fingerprint density at radius 2 is 2.00 bits per heavy atom. The zero-order valence-corrected chi connectivity index (χ0v) is 12.0. The van der Waals surface area contributed by atoms with Crippen molar-refractivity contribution < 1.29 is 4.74 Å². The summed E-state index contributed by atoms with van der Waals surface area (Å²) in [5.74, 6) is 0.919. The Morgan fingerprint density at radius 3 is 2.70 bits per heavy atom. The van der Waals surface area contributed by atoms with E-state index in [9.17, 15) is 0 Å². The summed E-state index contributed by atoms with van der Waals surface area (Å²) in [6.45, 7) is 3.84. The van der Waals surface area contributed by atoms with Crippen LogP contribution in [-0.4, -0.2) is 24.2 Å². The van der Waals surface area contributed by atoms with Crippen LogP contribution in [0.15, 0.2) is 54.9 Å². The number of nitrogens with one attached hydrogen (secondary N) is 1. The molecule has 0 aliphatic rings. The van der Waals surface area contributed by atoms with E-state index in [4.69, 9.17) is 4.74 Å². The lowest BCUT2D eigenvalue weighted by Gasteiger charge is -2.19. The maximum Gasteiger partial charge on any atom is 0.119 e. The first-order chi connectivity index (χ1) is 9.88. The molecule has 0 saturated heterocycles. The molecule has 0 radical (unpaired) electrons. The van der Waals surface area contributed by atoms with Crippen LogP contribution in [0.25, 0.3) is 0 Å². The molecule has 0 spiro atoms. The van der Waals surface area contributed by atoms with E-state index < -0.39 is 0 Å². The Kier molecular flexibility index (Phi) is 6.06. The monoisotopic (exact) mass is 270 g/mol. The molecular formula is C17H22N2O. The van der Waals surface area contributed by atoms with Crippen molar-refractivity contribution >= 4 is 0 Å². The average molecular weight is 270 g/mol. The first-order valence-corrected chi connectivity index (χ1v) is 7.18. The van der Waals surface area contributed by atoms with Gasteiger partial charge in [-0.05, 0) is 43.1 Å². The van der Waals surface area contributed by atoms with Crippen LogP contribution >= 0.6 is 0 Å². The van der Waals surface area contributed by atoms with E-state index in [1.165, 1.54) is 5.56 Å². The van der Waals surface area contributed by atoms with Crippen LogP contribution < -0.4 is 10.1 Å². The predicted octanol–water partition coefficient (Wildman–Crippen LogP) is 3.07. The Bertz CT molecular complexity index is 473. The highest BCUT2D eigenvalue weighted by molar-refractivity contribution is 5.21. The lowest BCUT2D eigenvalue weighted by Crippen LogP contribution is -2.37. The fourth-order valence-electron chi connectivity index (χ4n) is 2.06. The highest BCUT2D eigenvalue weighted by atomic mass is 16.5. The molecule has 0 aliphatic heterocycles. The van der Waals surface area contributed by atoms with Gasteiger partial charge in [-0.3, -0.25) is 4.98 Å². The lowest BCUT2D eigenvalue weighted by atomic mass is 10.1. The summed E-state index contributed by atoms with van der Waals surface area (Å²) in [5, 5.41) is 3.54. The van der Waals surface area contributed by atoms with Crippen molar-refractivity contribution in [2.75, 3.05) is 13.2 Å². The van der Waals surface area contributed by atoms with Gasteiger partial charge in [0.2, 0.25) is 0 Å². The van der Waals surface area contributed by atoms with Crippen molar-refractivity contribution in [1.29, 1.82) is 0 Å². The molecular weight excluding hydrogens is 248 g/mol. The van der Waals surface area contributed by atoms with E-state index in [2.05, 4.69) is 23.3 Å². The molecule has 1 N–H and O–H groups in total. The van der Waals surface area contributed by atoms with E-state index >= 15 is 0 Å². The van der Waals surface area contributed by atoms with Crippen LogP contribution in [0.1, 0.15) is 18.9 Å². The normalized spacial score (nSPS) is 12.1. The zero-order chi connectivity index (χ0) is 14.0. The van der Waals surface area contributed by atoms with Crippen LogP contribution in [0.5, 0.6) is 5.75 Å². The Morgan fingerprint density at radius 1 is 1.15 bits per heavy atom. The molecule has 3 nitrogen and oxygen atoms in total. The number of pyridine rings is 1. The summed E-state index contributed by atoms with van der Waals surface area (Å²) in [4.78, 5) is 4.17. The molecule has 1 aromatic heterocycles. The minimum atomic E-state index is 0.305. The molecule has 20 heavy (non-hydrogen) atoms. The van der Waals surface area contributed by atoms with Gasteiger partial charge in [-0.1, -0.05) is 31.2 Å². The van der Waals surface area contributed by atoms with Crippen molar-refractivity contribution in [3.63, 3.8) is 0 Å². The summed E-state index contributed by atoms with van der Waals surface area (Å²) < 4.78 is 5.85. The number of nitrogens with zero attached hydrogens (tertiary/aromatic N) is 1. The zero-order valence-electron chi connectivity index (χ0n) is 12.0. The third-order valence-electron chi connectivity index (χ3n) is 3.08. The number of aromatic nitrogens is 1. The first-order valence-electron chi connectivity index (χ1n) is 7.18. The molecule has 0 amide bonds. The third kappa shape index (κ3) is 5.02. The van der Waals surface area contributed by atoms with Crippen LogP contribution in [0.4, 0.5) is 0 Å². The van der Waals surface area contributed by atoms with E-state index in [1.54, 1.807) is 6.20 Å². The maximum absolute atomic E-state index is 5.85. The molecule has 106 valence electrons. The van der Waals surface area contributed by atoms with Crippen molar-refractivity contribution in [2.24, 2.45) is 0 Å². The highest BCUT2D eigenvalue weighted by Gasteiger charge is 2.10. The summed E-state index contributed by atoms with van der Waals surface area (Å²) >= 11 is 0. The van der Waals surface area contributed by atoms with Crippen molar-refractivity contribution in [2.45, 2.75) is 25.8 Å². The van der Waals surface area contributed by atoms with Gasteiger partial charge in [0.05, 0.1) is 0 Å². The van der Waals surface area contributed by atoms with Gasteiger partial charge in [-0.15, -0.1) is 0 Å². The minimum absolute atomic E-state index is 0.305. The Hall–Kier alpha value is -1.87. The topological polar surface area (TPSA) is 34.1 Å². The SMILES string of the molecule is CCCNC(COc1ccccc1)Cc1cccnc1. The molecule has 0 bridgehead atoms. The summed E-state index contributed by atoms with van der Waals surface area (Å²) in [5.41, 5.74) is 1.23. The second-order valence-corrected chi connectivity index (χ2v) is 4.84. The van der Waals surface area contributed by atoms with Gasteiger partial charge in [0, 0.05) is 18.4 Å². The fraction of sp³-hybridized carbons (Fsp3) is 0.353. The van der Waals surface area contributed by atoms with Gasteiger partial charge in [-0.2, -0.15) is 0 Å². The van der Waals surface area contributed by atoms with Crippen LogP contribution in [0.2, 0.25) is 0 Å². The van der Waals surface area contributed by atoms with E-state index in [0.717, 1.165) is 25.1 Å². The van der Waals surface area contributed by atoms with Crippen molar-refractivity contribution in [3.05, 3.63) is 60.4 Å². The van der Waals surface area contributed by atoms with Crippen LogP contribution in [0.3, 0.4) is 0 Å². The predicted molar refractivity (Wildman–Crippen MR) is 82.0 cm³/mol. The number of para-hydroxylation sites is 1. The number of hydrogen-bond donors (Lipinski definition) is 1. The van der Waals surface area contributed by atoms with Crippen LogP contribution in [-0.2, 0) is 6.42 Å². The van der Waals surface area contributed by atoms with Gasteiger partial charge < -0.3 is 10.1 Å². The number of benzene rings is 1. The molecule has 3 heteroatoms. The van der Waals surface area contributed by atoms with Gasteiger partial charge >= 0.3 is 0 Å². The molecule has 1 heterocycles.